The number of aliphatic carboxylic acids is 1. The first-order valence-corrected chi connectivity index (χ1v) is 8.64. The predicted molar refractivity (Wildman–Crippen MR) is 93.8 cm³/mol. The highest BCUT2D eigenvalue weighted by molar-refractivity contribution is 5.94. The molecule has 1 aromatic heterocycles. The number of aryl methyl sites for hydroxylation is 1. The van der Waals surface area contributed by atoms with Gasteiger partial charge >= 0.3 is 5.97 Å². The molecule has 2 aromatic rings. The maximum Gasteiger partial charge on any atom is 0.311 e. The Morgan fingerprint density at radius 3 is 2.64 bits per heavy atom. The van der Waals surface area contributed by atoms with Crippen LogP contribution in [0.2, 0.25) is 0 Å². The molecule has 6 nitrogen and oxygen atoms in total. The monoisotopic (exact) mass is 341 g/mol. The largest absolute Gasteiger partial charge is 0.481 e. The number of amides is 1. The van der Waals surface area contributed by atoms with Gasteiger partial charge in [-0.15, -0.1) is 0 Å². The lowest BCUT2D eigenvalue weighted by Crippen LogP contribution is -2.44. The van der Waals surface area contributed by atoms with E-state index in [9.17, 15) is 14.7 Å². The first kappa shape index (κ1) is 17.2. The number of carbonyl (C=O) groups excluding carboxylic acids is 1. The van der Waals surface area contributed by atoms with Crippen molar-refractivity contribution in [1.29, 1.82) is 0 Å². The number of nitrogens with zero attached hydrogens (tertiary/aromatic N) is 2. The summed E-state index contributed by atoms with van der Waals surface area (Å²) < 4.78 is 1.66. The summed E-state index contributed by atoms with van der Waals surface area (Å²) >= 11 is 0. The number of carboxylic acid groups (broad SMARTS) is 1. The fraction of sp³-hybridized carbons (Fsp3) is 0.421. The zero-order valence-electron chi connectivity index (χ0n) is 14.4. The van der Waals surface area contributed by atoms with Gasteiger partial charge in [-0.1, -0.05) is 37.5 Å². The highest BCUT2D eigenvalue weighted by Crippen LogP contribution is 2.36. The van der Waals surface area contributed by atoms with E-state index in [1.54, 1.807) is 10.9 Å². The molecule has 1 amide bonds. The van der Waals surface area contributed by atoms with Gasteiger partial charge in [-0.3, -0.25) is 9.59 Å². The van der Waals surface area contributed by atoms with Gasteiger partial charge in [-0.2, -0.15) is 5.10 Å². The van der Waals surface area contributed by atoms with Gasteiger partial charge in [0.15, 0.2) is 0 Å². The minimum Gasteiger partial charge on any atom is -0.481 e. The lowest BCUT2D eigenvalue weighted by Gasteiger charge is -2.33. The van der Waals surface area contributed by atoms with E-state index in [1.807, 2.05) is 31.2 Å². The Labute approximate surface area is 146 Å². The van der Waals surface area contributed by atoms with Gasteiger partial charge in [-0.25, -0.2) is 4.68 Å². The molecule has 2 N–H and O–H groups in total. The summed E-state index contributed by atoms with van der Waals surface area (Å²) in [5.74, 6) is -1.10. The summed E-state index contributed by atoms with van der Waals surface area (Å²) in [6, 6.07) is 7.79. The molecule has 6 heteroatoms. The Bertz CT molecular complexity index is 776. The molecule has 132 valence electrons. The Balaban J connectivity index is 1.70. The third-order valence-corrected chi connectivity index (χ3v) is 5.06. The van der Waals surface area contributed by atoms with Crippen LogP contribution in [-0.2, 0) is 4.79 Å². The fourth-order valence-corrected chi connectivity index (χ4v) is 3.44. The van der Waals surface area contributed by atoms with Crippen LogP contribution in [0.5, 0.6) is 0 Å². The van der Waals surface area contributed by atoms with Crippen LogP contribution in [0.3, 0.4) is 0 Å². The number of nitrogens with one attached hydrogen (secondary N) is 1. The number of aromatic nitrogens is 2. The van der Waals surface area contributed by atoms with Gasteiger partial charge in [0, 0.05) is 12.7 Å². The zero-order valence-corrected chi connectivity index (χ0v) is 14.4. The number of rotatable bonds is 5. The molecule has 0 radical (unpaired) electrons. The molecule has 1 fully saturated rings. The zero-order chi connectivity index (χ0) is 17.9. The summed E-state index contributed by atoms with van der Waals surface area (Å²) in [6.07, 6.45) is 7.27. The average Bonchev–Trinajstić information content (AvgIpc) is 3.10. The molecule has 1 aliphatic rings. The molecular formula is C19H23N3O3. The van der Waals surface area contributed by atoms with Crippen LogP contribution in [0, 0.1) is 12.3 Å². The second-order valence-electron chi connectivity index (χ2n) is 6.79. The molecule has 0 unspecified atom stereocenters. The molecular weight excluding hydrogens is 318 g/mol. The van der Waals surface area contributed by atoms with Crippen LogP contribution in [0.15, 0.2) is 36.7 Å². The smallest absolute Gasteiger partial charge is 0.311 e. The van der Waals surface area contributed by atoms with E-state index in [-0.39, 0.29) is 12.5 Å². The second kappa shape index (κ2) is 7.09. The normalized spacial score (nSPS) is 16.4. The Hall–Kier alpha value is -2.63. The Morgan fingerprint density at radius 2 is 1.96 bits per heavy atom. The highest BCUT2D eigenvalue weighted by Gasteiger charge is 2.39. The van der Waals surface area contributed by atoms with Gasteiger partial charge in [-0.05, 0) is 31.4 Å². The number of benzene rings is 1. The molecule has 1 aromatic carbocycles. The maximum atomic E-state index is 12.4. The van der Waals surface area contributed by atoms with E-state index in [2.05, 4.69) is 10.4 Å². The molecule has 0 bridgehead atoms. The molecule has 0 atom stereocenters. The molecule has 0 spiro atoms. The second-order valence-corrected chi connectivity index (χ2v) is 6.79. The SMILES string of the molecule is Cc1ccccc1-n1cc(C(=O)NCC2(C(=O)O)CCCCC2)cn1. The van der Waals surface area contributed by atoms with Crippen molar-refractivity contribution in [1.82, 2.24) is 15.1 Å². The molecule has 1 saturated carbocycles. The third-order valence-electron chi connectivity index (χ3n) is 5.06. The quantitative estimate of drug-likeness (QED) is 0.876. The predicted octanol–water partition coefficient (Wildman–Crippen LogP) is 2.95. The Kier molecular flexibility index (Phi) is 4.88. The standard InChI is InChI=1S/C19H23N3O3/c1-14-7-3-4-8-16(14)22-12-15(11-21-22)17(23)20-13-19(18(24)25)9-5-2-6-10-19/h3-4,7-8,11-12H,2,5-6,9-10,13H2,1H3,(H,20,23)(H,24,25). The van der Waals surface area contributed by atoms with Gasteiger partial charge in [0.05, 0.1) is 22.9 Å². The van der Waals surface area contributed by atoms with Crippen molar-refractivity contribution in [2.24, 2.45) is 5.41 Å². The Morgan fingerprint density at radius 1 is 1.24 bits per heavy atom. The number of hydrogen-bond acceptors (Lipinski definition) is 3. The molecule has 0 aliphatic heterocycles. The minimum absolute atomic E-state index is 0.163. The fourth-order valence-electron chi connectivity index (χ4n) is 3.44. The van der Waals surface area contributed by atoms with Crippen molar-refractivity contribution in [2.45, 2.75) is 39.0 Å². The lowest BCUT2D eigenvalue weighted by atomic mass is 9.74. The highest BCUT2D eigenvalue weighted by atomic mass is 16.4. The first-order chi connectivity index (χ1) is 12.0. The number of para-hydroxylation sites is 1. The minimum atomic E-state index is -0.833. The average molecular weight is 341 g/mol. The van der Waals surface area contributed by atoms with Gasteiger partial charge in [0.2, 0.25) is 0 Å². The molecule has 1 aliphatic carbocycles. The van der Waals surface area contributed by atoms with E-state index in [0.717, 1.165) is 30.5 Å². The van der Waals surface area contributed by atoms with Crippen LogP contribution in [0.4, 0.5) is 0 Å². The summed E-state index contributed by atoms with van der Waals surface area (Å²) in [6.45, 7) is 2.15. The first-order valence-electron chi connectivity index (χ1n) is 8.64. The number of carbonyl (C=O) groups is 2. The van der Waals surface area contributed by atoms with Crippen molar-refractivity contribution in [3.05, 3.63) is 47.8 Å². The van der Waals surface area contributed by atoms with Crippen LogP contribution >= 0.6 is 0 Å². The summed E-state index contributed by atoms with van der Waals surface area (Å²) in [7, 11) is 0. The van der Waals surface area contributed by atoms with Crippen LogP contribution < -0.4 is 5.32 Å². The van der Waals surface area contributed by atoms with E-state index >= 15 is 0 Å². The molecule has 3 rings (SSSR count). The topological polar surface area (TPSA) is 84.2 Å². The maximum absolute atomic E-state index is 12.4. The molecule has 1 heterocycles. The van der Waals surface area contributed by atoms with Crippen LogP contribution in [-0.4, -0.2) is 33.3 Å². The number of hydrogen-bond donors (Lipinski definition) is 2. The molecule has 0 saturated heterocycles. The summed E-state index contributed by atoms with van der Waals surface area (Å²) in [5, 5.41) is 16.6. The van der Waals surface area contributed by atoms with Crippen molar-refractivity contribution in [3.8, 4) is 5.69 Å². The van der Waals surface area contributed by atoms with Crippen molar-refractivity contribution in [2.75, 3.05) is 6.54 Å². The van der Waals surface area contributed by atoms with Crippen molar-refractivity contribution < 1.29 is 14.7 Å². The van der Waals surface area contributed by atoms with Crippen molar-refractivity contribution in [3.63, 3.8) is 0 Å². The lowest BCUT2D eigenvalue weighted by molar-refractivity contribution is -0.150. The summed E-state index contributed by atoms with van der Waals surface area (Å²) in [4.78, 5) is 24.1. The van der Waals surface area contributed by atoms with E-state index in [0.29, 0.717) is 18.4 Å². The third kappa shape index (κ3) is 3.57. The van der Waals surface area contributed by atoms with E-state index < -0.39 is 11.4 Å². The van der Waals surface area contributed by atoms with Gasteiger partial charge < -0.3 is 10.4 Å². The number of carboxylic acids is 1. The van der Waals surface area contributed by atoms with Crippen LogP contribution in [0.25, 0.3) is 5.69 Å². The van der Waals surface area contributed by atoms with Crippen LogP contribution in [0.1, 0.15) is 48.0 Å². The van der Waals surface area contributed by atoms with Gasteiger partial charge in [0.25, 0.3) is 5.91 Å². The van der Waals surface area contributed by atoms with E-state index in [1.165, 1.54) is 6.20 Å². The molecule has 25 heavy (non-hydrogen) atoms. The van der Waals surface area contributed by atoms with E-state index in [4.69, 9.17) is 0 Å². The van der Waals surface area contributed by atoms with Crippen molar-refractivity contribution >= 4 is 11.9 Å². The summed E-state index contributed by atoms with van der Waals surface area (Å²) in [5.41, 5.74) is 1.57. The van der Waals surface area contributed by atoms with Gasteiger partial charge in [0.1, 0.15) is 0 Å².